The Labute approximate surface area is 109 Å². The fourth-order valence-corrected chi connectivity index (χ4v) is 2.36. The Bertz CT molecular complexity index is 362. The summed E-state index contributed by atoms with van der Waals surface area (Å²) in [5.41, 5.74) is 1.13. The maximum atomic E-state index is 4.47. The highest BCUT2D eigenvalue weighted by atomic mass is 15.3. The van der Waals surface area contributed by atoms with Crippen molar-refractivity contribution in [2.75, 3.05) is 39.1 Å². The molecule has 0 bridgehead atoms. The lowest BCUT2D eigenvalue weighted by molar-refractivity contribution is 0.257. The minimum absolute atomic E-state index is 0.610. The van der Waals surface area contributed by atoms with E-state index in [1.807, 2.05) is 19.4 Å². The normalized spacial score (nSPS) is 20.4. The van der Waals surface area contributed by atoms with Gasteiger partial charge < -0.3 is 15.1 Å². The molecule has 1 fully saturated rings. The van der Waals surface area contributed by atoms with Crippen molar-refractivity contribution in [3.8, 4) is 0 Å². The first-order chi connectivity index (χ1) is 8.70. The summed E-state index contributed by atoms with van der Waals surface area (Å²) < 4.78 is 0. The second-order valence-corrected chi connectivity index (χ2v) is 5.13. The molecule has 1 aromatic rings. The Kier molecular flexibility index (Phi) is 4.49. The average molecular weight is 249 g/mol. The van der Waals surface area contributed by atoms with E-state index in [4.69, 9.17) is 0 Å². The number of hydrogen-bond acceptors (Lipinski definition) is 5. The summed E-state index contributed by atoms with van der Waals surface area (Å²) >= 11 is 0. The predicted octanol–water partition coefficient (Wildman–Crippen LogP) is 0.726. The van der Waals surface area contributed by atoms with E-state index in [1.54, 1.807) is 0 Å². The molecule has 1 aromatic heterocycles. The van der Waals surface area contributed by atoms with Gasteiger partial charge in [-0.15, -0.1) is 0 Å². The molecular formula is C13H23N5. The monoisotopic (exact) mass is 249 g/mol. The van der Waals surface area contributed by atoms with E-state index >= 15 is 0 Å². The van der Waals surface area contributed by atoms with Crippen LogP contribution >= 0.6 is 0 Å². The molecule has 0 radical (unpaired) electrons. The molecule has 0 spiro atoms. The Morgan fingerprint density at radius 2 is 2.11 bits per heavy atom. The topological polar surface area (TPSA) is 44.3 Å². The number of rotatable bonds is 4. The van der Waals surface area contributed by atoms with Crippen LogP contribution in [0.15, 0.2) is 12.4 Å². The number of likely N-dealkylation sites (N-methyl/N-ethyl adjacent to an activating group) is 1. The van der Waals surface area contributed by atoms with Crippen LogP contribution in [0, 0.1) is 0 Å². The average Bonchev–Trinajstić information content (AvgIpc) is 2.40. The van der Waals surface area contributed by atoms with Gasteiger partial charge in [-0.05, 0) is 34.0 Å². The van der Waals surface area contributed by atoms with E-state index in [-0.39, 0.29) is 0 Å². The molecule has 1 atom stereocenters. The third kappa shape index (κ3) is 3.17. The molecule has 2 rings (SSSR count). The molecule has 0 saturated carbocycles. The van der Waals surface area contributed by atoms with Crippen molar-refractivity contribution in [1.82, 2.24) is 20.2 Å². The molecule has 1 aliphatic heterocycles. The van der Waals surface area contributed by atoms with Crippen molar-refractivity contribution in [1.29, 1.82) is 0 Å². The molecule has 5 heteroatoms. The maximum Gasteiger partial charge on any atom is 0.225 e. The van der Waals surface area contributed by atoms with Crippen molar-refractivity contribution in [2.45, 2.75) is 25.4 Å². The number of hydrogen-bond donors (Lipinski definition) is 1. The van der Waals surface area contributed by atoms with Crippen LogP contribution in [0.1, 0.15) is 18.4 Å². The highest BCUT2D eigenvalue weighted by molar-refractivity contribution is 5.31. The smallest absolute Gasteiger partial charge is 0.225 e. The standard InChI is InChI=1S/C13H23N5/c1-14-7-11-8-15-13(16-9-11)18-6-4-5-12(10-18)17(2)3/h8-9,12,14H,4-7,10H2,1-3H3. The molecule has 2 heterocycles. The molecule has 1 N–H and O–H groups in total. The first-order valence-electron chi connectivity index (χ1n) is 6.57. The molecular weight excluding hydrogens is 226 g/mol. The molecule has 1 saturated heterocycles. The summed E-state index contributed by atoms with van der Waals surface area (Å²) in [7, 11) is 6.22. The van der Waals surface area contributed by atoms with Crippen LogP contribution in [0.3, 0.4) is 0 Å². The zero-order chi connectivity index (χ0) is 13.0. The van der Waals surface area contributed by atoms with Gasteiger partial charge in [0, 0.05) is 43.6 Å². The van der Waals surface area contributed by atoms with E-state index in [1.165, 1.54) is 12.8 Å². The van der Waals surface area contributed by atoms with E-state index < -0.39 is 0 Å². The lowest BCUT2D eigenvalue weighted by atomic mass is 10.1. The van der Waals surface area contributed by atoms with Crippen LogP contribution in [0.5, 0.6) is 0 Å². The van der Waals surface area contributed by atoms with Crippen LogP contribution in [0.2, 0.25) is 0 Å². The van der Waals surface area contributed by atoms with Gasteiger partial charge in [-0.2, -0.15) is 0 Å². The SMILES string of the molecule is CNCc1cnc(N2CCCC(N(C)C)C2)nc1. The summed E-state index contributed by atoms with van der Waals surface area (Å²) in [6, 6.07) is 0.610. The fraction of sp³-hybridized carbons (Fsp3) is 0.692. The third-order valence-corrected chi connectivity index (χ3v) is 3.48. The Morgan fingerprint density at radius 1 is 1.39 bits per heavy atom. The first kappa shape index (κ1) is 13.2. The number of anilines is 1. The molecule has 1 unspecified atom stereocenters. The Hall–Kier alpha value is -1.20. The Balaban J connectivity index is 2.02. The van der Waals surface area contributed by atoms with Gasteiger partial charge in [0.15, 0.2) is 0 Å². The van der Waals surface area contributed by atoms with Gasteiger partial charge >= 0.3 is 0 Å². The van der Waals surface area contributed by atoms with Gasteiger partial charge in [0.25, 0.3) is 0 Å². The number of nitrogens with zero attached hydrogens (tertiary/aromatic N) is 4. The first-order valence-corrected chi connectivity index (χ1v) is 6.57. The van der Waals surface area contributed by atoms with E-state index in [9.17, 15) is 0 Å². The summed E-state index contributed by atoms with van der Waals surface area (Å²) in [5, 5.41) is 3.10. The van der Waals surface area contributed by atoms with Crippen molar-refractivity contribution in [3.63, 3.8) is 0 Å². The van der Waals surface area contributed by atoms with E-state index in [0.29, 0.717) is 6.04 Å². The summed E-state index contributed by atoms with van der Waals surface area (Å²) in [5.74, 6) is 0.862. The lowest BCUT2D eigenvalue weighted by Gasteiger charge is -2.36. The van der Waals surface area contributed by atoms with Gasteiger partial charge in [-0.25, -0.2) is 9.97 Å². The highest BCUT2D eigenvalue weighted by Crippen LogP contribution is 2.18. The van der Waals surface area contributed by atoms with Crippen molar-refractivity contribution in [2.24, 2.45) is 0 Å². The Morgan fingerprint density at radius 3 is 2.72 bits per heavy atom. The quantitative estimate of drug-likeness (QED) is 0.852. The van der Waals surface area contributed by atoms with Crippen LogP contribution < -0.4 is 10.2 Å². The summed E-state index contributed by atoms with van der Waals surface area (Å²) in [6.07, 6.45) is 6.31. The minimum Gasteiger partial charge on any atom is -0.339 e. The van der Waals surface area contributed by atoms with Gasteiger partial charge in [0.2, 0.25) is 5.95 Å². The van der Waals surface area contributed by atoms with Crippen molar-refractivity contribution < 1.29 is 0 Å². The third-order valence-electron chi connectivity index (χ3n) is 3.48. The van der Waals surface area contributed by atoms with Crippen molar-refractivity contribution in [3.05, 3.63) is 18.0 Å². The zero-order valence-corrected chi connectivity index (χ0v) is 11.6. The second kappa shape index (κ2) is 6.11. The van der Waals surface area contributed by atoms with Crippen LogP contribution in [-0.4, -0.2) is 55.1 Å². The molecule has 0 amide bonds. The van der Waals surface area contributed by atoms with E-state index in [2.05, 4.69) is 39.2 Å². The van der Waals surface area contributed by atoms with Gasteiger partial charge in [0.1, 0.15) is 0 Å². The predicted molar refractivity (Wildman–Crippen MR) is 73.7 cm³/mol. The van der Waals surface area contributed by atoms with Crippen LogP contribution in [0.4, 0.5) is 5.95 Å². The van der Waals surface area contributed by atoms with Crippen LogP contribution in [0.25, 0.3) is 0 Å². The van der Waals surface area contributed by atoms with Gasteiger partial charge in [0.05, 0.1) is 0 Å². The molecule has 1 aliphatic rings. The molecule has 5 nitrogen and oxygen atoms in total. The largest absolute Gasteiger partial charge is 0.339 e. The summed E-state index contributed by atoms with van der Waals surface area (Å²) in [6.45, 7) is 2.91. The van der Waals surface area contributed by atoms with Crippen molar-refractivity contribution >= 4 is 5.95 Å². The van der Waals surface area contributed by atoms with E-state index in [0.717, 1.165) is 31.1 Å². The number of aromatic nitrogens is 2. The molecule has 0 aromatic carbocycles. The summed E-state index contributed by atoms with van der Waals surface area (Å²) in [4.78, 5) is 13.5. The number of nitrogens with one attached hydrogen (secondary N) is 1. The molecule has 100 valence electrons. The number of piperidine rings is 1. The molecule has 0 aliphatic carbocycles. The molecule has 18 heavy (non-hydrogen) atoms. The van der Waals surface area contributed by atoms with Gasteiger partial charge in [-0.1, -0.05) is 0 Å². The van der Waals surface area contributed by atoms with Crippen LogP contribution in [-0.2, 0) is 6.54 Å². The zero-order valence-electron chi connectivity index (χ0n) is 11.6. The lowest BCUT2D eigenvalue weighted by Crippen LogP contribution is -2.45. The van der Waals surface area contributed by atoms with Gasteiger partial charge in [-0.3, -0.25) is 0 Å². The fourth-order valence-electron chi connectivity index (χ4n) is 2.36. The second-order valence-electron chi connectivity index (χ2n) is 5.13. The maximum absolute atomic E-state index is 4.47. The minimum atomic E-state index is 0.610. The highest BCUT2D eigenvalue weighted by Gasteiger charge is 2.22.